The Bertz CT molecular complexity index is 2060. The van der Waals surface area contributed by atoms with Gasteiger partial charge in [-0.1, -0.05) is 25.1 Å². The molecule has 8 N–H and O–H groups in total. The van der Waals surface area contributed by atoms with Gasteiger partial charge < -0.3 is 46.7 Å². The van der Waals surface area contributed by atoms with Gasteiger partial charge in [0.15, 0.2) is 5.60 Å². The molecule has 4 atom stereocenters. The van der Waals surface area contributed by atoms with Crippen molar-refractivity contribution in [2.24, 2.45) is 11.5 Å². The average Bonchev–Trinajstić information content (AvgIpc) is 3.50. The first-order valence-corrected chi connectivity index (χ1v) is 17.4. The molecule has 282 valence electrons. The number of esters is 1. The highest BCUT2D eigenvalue weighted by molar-refractivity contribution is 5.96. The second kappa shape index (κ2) is 15.5. The molecule has 2 aromatic heterocycles. The van der Waals surface area contributed by atoms with Crippen molar-refractivity contribution in [3.63, 3.8) is 0 Å². The molecule has 17 nitrogen and oxygen atoms in total. The van der Waals surface area contributed by atoms with Crippen molar-refractivity contribution in [1.82, 2.24) is 30.4 Å². The van der Waals surface area contributed by atoms with Gasteiger partial charge in [0.2, 0.25) is 29.5 Å². The molecule has 0 radical (unpaired) electrons. The molecule has 3 aromatic rings. The highest BCUT2D eigenvalue weighted by Gasteiger charge is 2.45. The van der Waals surface area contributed by atoms with Crippen LogP contribution in [-0.2, 0) is 58.7 Å². The summed E-state index contributed by atoms with van der Waals surface area (Å²) >= 11 is 0. The van der Waals surface area contributed by atoms with Crippen molar-refractivity contribution in [2.45, 2.75) is 83.8 Å². The topological polar surface area (TPSA) is 258 Å². The van der Waals surface area contributed by atoms with E-state index in [9.17, 15) is 38.7 Å². The summed E-state index contributed by atoms with van der Waals surface area (Å²) < 4.78 is 6.74. The number of nitrogens with two attached hydrogens (primary N) is 2. The van der Waals surface area contributed by atoms with Crippen molar-refractivity contribution in [3.05, 3.63) is 62.9 Å². The lowest BCUT2D eigenvalue weighted by Crippen LogP contribution is -2.56. The molecule has 0 saturated carbocycles. The normalized spacial score (nSPS) is 17.4. The SMILES string of the molecule is CCN(CCc1c2c(nc3ccccc13)-c1cc3c(c(=O)n1C2)COC(=O)[C@]3(O)CC)C(=O)CNC(=O)[C@H](CC(N)=O)NC(=O)[C@H](C)NC(=O)[C@H](C)N. The Kier molecular flexibility index (Phi) is 11.3. The quantitative estimate of drug-likeness (QED) is 0.0839. The number of carbonyl (C=O) groups excluding carboxylic acids is 6. The number of amides is 5. The Balaban J connectivity index is 1.34. The number of primary amides is 1. The molecule has 0 bridgehead atoms. The summed E-state index contributed by atoms with van der Waals surface area (Å²) in [6.45, 7) is 6.23. The molecule has 53 heavy (non-hydrogen) atoms. The summed E-state index contributed by atoms with van der Waals surface area (Å²) in [7, 11) is 0. The summed E-state index contributed by atoms with van der Waals surface area (Å²) in [4.78, 5) is 95.5. The number of nitrogens with one attached hydrogen (secondary N) is 3. The first-order chi connectivity index (χ1) is 25.1. The third-order valence-electron chi connectivity index (χ3n) is 9.70. The second-order valence-corrected chi connectivity index (χ2v) is 13.2. The number of cyclic esters (lactones) is 1. The number of para-hydroxylation sites is 1. The fourth-order valence-electron chi connectivity index (χ4n) is 6.62. The van der Waals surface area contributed by atoms with Crippen LogP contribution in [0.2, 0.25) is 0 Å². The molecule has 2 aliphatic rings. The van der Waals surface area contributed by atoms with Gasteiger partial charge in [0.25, 0.3) is 5.56 Å². The maximum absolute atomic E-state index is 13.8. The Morgan fingerprint density at radius 3 is 2.43 bits per heavy atom. The number of carbonyl (C=O) groups is 6. The van der Waals surface area contributed by atoms with Crippen LogP contribution in [0, 0.1) is 0 Å². The van der Waals surface area contributed by atoms with Crippen LogP contribution in [0.3, 0.4) is 0 Å². The molecule has 0 aliphatic carbocycles. The average molecular weight is 733 g/mol. The van der Waals surface area contributed by atoms with Crippen LogP contribution in [0.1, 0.15) is 62.8 Å². The molecule has 2 aliphatic heterocycles. The Hall–Kier alpha value is -5.68. The van der Waals surface area contributed by atoms with Crippen molar-refractivity contribution >= 4 is 46.4 Å². The van der Waals surface area contributed by atoms with E-state index in [2.05, 4.69) is 16.0 Å². The maximum Gasteiger partial charge on any atom is 0.343 e. The summed E-state index contributed by atoms with van der Waals surface area (Å²) in [5.74, 6) is -4.29. The van der Waals surface area contributed by atoms with Gasteiger partial charge in [-0.25, -0.2) is 9.78 Å². The first kappa shape index (κ1) is 38.5. The lowest BCUT2D eigenvalue weighted by molar-refractivity contribution is -0.172. The summed E-state index contributed by atoms with van der Waals surface area (Å²) in [5, 5.41) is 19.3. The van der Waals surface area contributed by atoms with E-state index < -0.39 is 72.2 Å². The van der Waals surface area contributed by atoms with E-state index in [-0.39, 0.29) is 49.3 Å². The summed E-state index contributed by atoms with van der Waals surface area (Å²) in [6.07, 6.45) is -0.180. The van der Waals surface area contributed by atoms with Gasteiger partial charge in [-0.2, -0.15) is 0 Å². The first-order valence-electron chi connectivity index (χ1n) is 17.4. The van der Waals surface area contributed by atoms with E-state index in [0.717, 1.165) is 16.5 Å². The summed E-state index contributed by atoms with van der Waals surface area (Å²) in [5.41, 5.74) is 12.2. The lowest BCUT2D eigenvalue weighted by atomic mass is 9.86. The predicted octanol–water partition coefficient (Wildman–Crippen LogP) is -1.20. The minimum absolute atomic E-state index is 0.0141. The Labute approximate surface area is 304 Å². The molecule has 4 heterocycles. The number of ether oxygens (including phenoxy) is 1. The van der Waals surface area contributed by atoms with Gasteiger partial charge in [0, 0.05) is 29.6 Å². The molecule has 0 fully saturated rings. The van der Waals surface area contributed by atoms with E-state index >= 15 is 0 Å². The number of hydrogen-bond acceptors (Lipinski definition) is 11. The minimum Gasteiger partial charge on any atom is -0.458 e. The number of hydrogen-bond donors (Lipinski definition) is 6. The maximum atomic E-state index is 13.8. The van der Waals surface area contributed by atoms with Crippen LogP contribution in [0.4, 0.5) is 0 Å². The smallest absolute Gasteiger partial charge is 0.343 e. The number of aliphatic hydroxyl groups is 1. The van der Waals surface area contributed by atoms with E-state index in [4.69, 9.17) is 21.2 Å². The molecule has 1 aromatic carbocycles. The van der Waals surface area contributed by atoms with Crippen LogP contribution < -0.4 is 33.0 Å². The van der Waals surface area contributed by atoms with Crippen molar-refractivity contribution in [1.29, 1.82) is 0 Å². The number of pyridine rings is 2. The van der Waals surface area contributed by atoms with Gasteiger partial charge >= 0.3 is 5.97 Å². The molecule has 0 spiro atoms. The van der Waals surface area contributed by atoms with E-state index in [0.29, 0.717) is 23.3 Å². The number of fused-ring (bicyclic) bond motifs is 5. The third kappa shape index (κ3) is 7.61. The van der Waals surface area contributed by atoms with Crippen LogP contribution in [0.5, 0.6) is 0 Å². The molecule has 17 heteroatoms. The molecule has 0 saturated heterocycles. The second-order valence-electron chi connectivity index (χ2n) is 13.2. The van der Waals surface area contributed by atoms with Crippen LogP contribution in [0.25, 0.3) is 22.3 Å². The number of likely N-dealkylation sites (N-methyl/N-ethyl adjacent to an activating group) is 1. The zero-order valence-electron chi connectivity index (χ0n) is 30.0. The highest BCUT2D eigenvalue weighted by Crippen LogP contribution is 2.40. The Morgan fingerprint density at radius 1 is 1.06 bits per heavy atom. The highest BCUT2D eigenvalue weighted by atomic mass is 16.6. The standard InChI is InChI=1S/C36H44N8O9/c1-5-36(52)24-13-27-30-22(16-44(27)34(50)23(24)17-53-35(36)51)20(21-9-7-8-10-25(21)41-30)11-12-43(6-2)29(46)15-39-33(49)26(14-28(38)45)42-32(48)19(4)40-31(47)18(3)37/h7-10,13,18-19,26,52H,5-6,11-12,14-17,37H2,1-4H3,(H2,38,45)(H,39,49)(H,40,47)(H,42,48)/t18-,19-,26-,36-/m0/s1. The molecular weight excluding hydrogens is 688 g/mol. The van der Waals surface area contributed by atoms with E-state index in [1.54, 1.807) is 24.5 Å². The minimum atomic E-state index is -1.97. The zero-order chi connectivity index (χ0) is 38.8. The van der Waals surface area contributed by atoms with Crippen LogP contribution >= 0.6 is 0 Å². The molecular formula is C36H44N8O9. The van der Waals surface area contributed by atoms with E-state index in [1.165, 1.54) is 18.7 Å². The third-order valence-corrected chi connectivity index (χ3v) is 9.70. The molecule has 5 amide bonds. The zero-order valence-corrected chi connectivity index (χ0v) is 30.0. The molecule has 0 unspecified atom stereocenters. The van der Waals surface area contributed by atoms with Crippen LogP contribution in [-0.4, -0.2) is 92.8 Å². The summed E-state index contributed by atoms with van der Waals surface area (Å²) in [6, 6.07) is 5.74. The van der Waals surface area contributed by atoms with Crippen molar-refractivity contribution in [2.75, 3.05) is 19.6 Å². The number of aromatic nitrogens is 2. The van der Waals surface area contributed by atoms with Crippen molar-refractivity contribution < 1.29 is 38.6 Å². The predicted molar refractivity (Wildman–Crippen MR) is 190 cm³/mol. The molecule has 5 rings (SSSR count). The number of benzene rings is 1. The van der Waals surface area contributed by atoms with Gasteiger partial charge in [-0.05, 0) is 51.3 Å². The van der Waals surface area contributed by atoms with Crippen molar-refractivity contribution in [3.8, 4) is 11.4 Å². The van der Waals surface area contributed by atoms with Gasteiger partial charge in [0.05, 0.1) is 48.0 Å². The van der Waals surface area contributed by atoms with Gasteiger partial charge in [0.1, 0.15) is 18.7 Å². The van der Waals surface area contributed by atoms with Crippen LogP contribution in [0.15, 0.2) is 35.1 Å². The Morgan fingerprint density at radius 2 is 1.77 bits per heavy atom. The van der Waals surface area contributed by atoms with E-state index in [1.807, 2.05) is 24.3 Å². The number of nitrogens with zero attached hydrogens (tertiary/aromatic N) is 3. The van der Waals surface area contributed by atoms with Gasteiger partial charge in [-0.3, -0.25) is 28.8 Å². The fraction of sp³-hybridized carbons (Fsp3) is 0.444. The lowest BCUT2D eigenvalue weighted by Gasteiger charge is -2.31. The number of rotatable bonds is 14. The fourth-order valence-corrected chi connectivity index (χ4v) is 6.62. The van der Waals surface area contributed by atoms with Gasteiger partial charge in [-0.15, -0.1) is 0 Å². The largest absolute Gasteiger partial charge is 0.458 e. The monoisotopic (exact) mass is 732 g/mol.